The molecule has 1 aromatic carbocycles. The van der Waals surface area contributed by atoms with Crippen LogP contribution in [0.4, 0.5) is 5.69 Å². The zero-order chi connectivity index (χ0) is 14.1. The highest BCUT2D eigenvalue weighted by molar-refractivity contribution is 7.80. The zero-order valence-electron chi connectivity index (χ0n) is 10.8. The maximum absolute atomic E-state index is 11.6. The van der Waals surface area contributed by atoms with Gasteiger partial charge in [-0.3, -0.25) is 4.79 Å². The van der Waals surface area contributed by atoms with E-state index in [2.05, 4.69) is 5.32 Å². The van der Waals surface area contributed by atoms with Crippen molar-refractivity contribution < 1.29 is 14.3 Å². The first kappa shape index (κ1) is 15.6. The van der Waals surface area contributed by atoms with Crippen LogP contribution in [0.25, 0.3) is 0 Å². The van der Waals surface area contributed by atoms with E-state index in [-0.39, 0.29) is 5.91 Å². The van der Waals surface area contributed by atoms with Gasteiger partial charge in [0.1, 0.15) is 4.99 Å². The summed E-state index contributed by atoms with van der Waals surface area (Å²) in [5.41, 5.74) is 6.97. The van der Waals surface area contributed by atoms with Crippen LogP contribution in [0.5, 0.6) is 0 Å². The Morgan fingerprint density at radius 1 is 1.26 bits per heavy atom. The maximum atomic E-state index is 11.6. The summed E-state index contributed by atoms with van der Waals surface area (Å²) in [5, 5.41) is 2.76. The number of thiocarbonyl (C=S) groups is 1. The number of carbonyl (C=O) groups excluding carboxylic acids is 1. The van der Waals surface area contributed by atoms with Crippen molar-refractivity contribution >= 4 is 28.8 Å². The third kappa shape index (κ3) is 6.28. The Morgan fingerprint density at radius 3 is 2.53 bits per heavy atom. The molecule has 19 heavy (non-hydrogen) atoms. The molecule has 0 aromatic heterocycles. The average molecular weight is 282 g/mol. The molecule has 0 heterocycles. The van der Waals surface area contributed by atoms with Crippen LogP contribution in [0.1, 0.15) is 12.0 Å². The van der Waals surface area contributed by atoms with Crippen LogP contribution in [-0.2, 0) is 14.3 Å². The smallest absolute Gasteiger partial charge is 0.226 e. The third-order valence-electron chi connectivity index (χ3n) is 2.36. The summed E-state index contributed by atoms with van der Waals surface area (Å²) < 4.78 is 10.0. The summed E-state index contributed by atoms with van der Waals surface area (Å²) in [7, 11) is 1.60. The van der Waals surface area contributed by atoms with E-state index in [1.807, 2.05) is 0 Å². The summed E-state index contributed by atoms with van der Waals surface area (Å²) >= 11 is 4.85. The second kappa shape index (κ2) is 8.58. The van der Waals surface area contributed by atoms with E-state index in [9.17, 15) is 4.79 Å². The van der Waals surface area contributed by atoms with Gasteiger partial charge in [0.15, 0.2) is 0 Å². The van der Waals surface area contributed by atoms with Gasteiger partial charge in [-0.15, -0.1) is 0 Å². The van der Waals surface area contributed by atoms with Crippen LogP contribution >= 0.6 is 12.2 Å². The molecule has 0 bridgehead atoms. The van der Waals surface area contributed by atoms with Gasteiger partial charge in [-0.05, 0) is 24.3 Å². The van der Waals surface area contributed by atoms with Crippen LogP contribution in [0.2, 0.25) is 0 Å². The van der Waals surface area contributed by atoms with Gasteiger partial charge in [-0.25, -0.2) is 0 Å². The fourth-order valence-electron chi connectivity index (χ4n) is 1.35. The number of benzene rings is 1. The minimum absolute atomic E-state index is 0.0968. The minimum Gasteiger partial charge on any atom is -0.389 e. The number of methoxy groups -OCH3 is 1. The zero-order valence-corrected chi connectivity index (χ0v) is 11.7. The summed E-state index contributed by atoms with van der Waals surface area (Å²) in [6.07, 6.45) is 0.306. The van der Waals surface area contributed by atoms with Crippen LogP contribution < -0.4 is 11.1 Å². The lowest BCUT2D eigenvalue weighted by molar-refractivity contribution is -0.117. The second-order valence-electron chi connectivity index (χ2n) is 3.84. The molecule has 0 radical (unpaired) electrons. The van der Waals surface area contributed by atoms with E-state index in [1.165, 1.54) is 0 Å². The Morgan fingerprint density at radius 2 is 1.95 bits per heavy atom. The predicted molar refractivity (Wildman–Crippen MR) is 78.3 cm³/mol. The first-order valence-electron chi connectivity index (χ1n) is 5.90. The van der Waals surface area contributed by atoms with E-state index in [4.69, 9.17) is 27.4 Å². The van der Waals surface area contributed by atoms with Crippen molar-refractivity contribution in [1.82, 2.24) is 0 Å². The van der Waals surface area contributed by atoms with Crippen LogP contribution in [-0.4, -0.2) is 37.8 Å². The largest absolute Gasteiger partial charge is 0.389 e. The number of nitrogens with two attached hydrogens (primary N) is 1. The Balaban J connectivity index is 2.30. The molecule has 0 saturated carbocycles. The van der Waals surface area contributed by atoms with E-state index in [0.29, 0.717) is 36.9 Å². The van der Waals surface area contributed by atoms with E-state index < -0.39 is 0 Å². The normalized spacial score (nSPS) is 10.2. The van der Waals surface area contributed by atoms with Crippen LogP contribution in [0.3, 0.4) is 0 Å². The molecular formula is C13H18N2O3S. The van der Waals surface area contributed by atoms with Gasteiger partial charge in [0.05, 0.1) is 26.2 Å². The van der Waals surface area contributed by atoms with Gasteiger partial charge < -0.3 is 20.5 Å². The molecule has 1 aromatic rings. The molecule has 1 rings (SSSR count). The summed E-state index contributed by atoms with van der Waals surface area (Å²) in [6.45, 7) is 1.40. The van der Waals surface area contributed by atoms with Crippen LogP contribution in [0.15, 0.2) is 24.3 Å². The molecule has 0 atom stereocenters. The number of nitrogens with one attached hydrogen (secondary N) is 1. The highest BCUT2D eigenvalue weighted by atomic mass is 32.1. The van der Waals surface area contributed by atoms with Crippen molar-refractivity contribution in [1.29, 1.82) is 0 Å². The lowest BCUT2D eigenvalue weighted by atomic mass is 10.2. The van der Waals surface area contributed by atoms with Gasteiger partial charge in [0, 0.05) is 18.4 Å². The van der Waals surface area contributed by atoms with E-state index in [1.54, 1.807) is 31.4 Å². The van der Waals surface area contributed by atoms with Gasteiger partial charge >= 0.3 is 0 Å². The van der Waals surface area contributed by atoms with Gasteiger partial charge in [-0.2, -0.15) is 0 Å². The Kier molecular flexibility index (Phi) is 7.02. The van der Waals surface area contributed by atoms with E-state index >= 15 is 0 Å². The number of amides is 1. The third-order valence-corrected chi connectivity index (χ3v) is 2.59. The molecule has 0 aliphatic heterocycles. The number of hydrogen-bond donors (Lipinski definition) is 2. The topological polar surface area (TPSA) is 73.6 Å². The Hall–Kier alpha value is -1.50. The fourth-order valence-corrected chi connectivity index (χ4v) is 1.49. The lowest BCUT2D eigenvalue weighted by Gasteiger charge is -2.06. The fraction of sp³-hybridized carbons (Fsp3) is 0.385. The maximum Gasteiger partial charge on any atom is 0.226 e. The van der Waals surface area contributed by atoms with Crippen molar-refractivity contribution in [2.75, 3.05) is 32.2 Å². The SMILES string of the molecule is COCCOCCC(=O)Nc1ccc(C(N)=S)cc1. The molecule has 104 valence electrons. The standard InChI is InChI=1S/C13H18N2O3S/c1-17-8-9-18-7-6-12(16)15-11-4-2-10(3-5-11)13(14)19/h2-5H,6-9H2,1H3,(H2,14,19)(H,15,16). The quantitative estimate of drug-likeness (QED) is 0.555. The first-order chi connectivity index (χ1) is 9.13. The minimum atomic E-state index is -0.0968. The highest BCUT2D eigenvalue weighted by Crippen LogP contribution is 2.09. The molecule has 0 fully saturated rings. The molecule has 0 saturated heterocycles. The monoisotopic (exact) mass is 282 g/mol. The van der Waals surface area contributed by atoms with Gasteiger partial charge in [-0.1, -0.05) is 12.2 Å². The van der Waals surface area contributed by atoms with E-state index in [0.717, 1.165) is 5.56 Å². The Labute approximate surface area is 118 Å². The Bertz CT molecular complexity index is 420. The van der Waals surface area contributed by atoms with Crippen molar-refractivity contribution in [3.05, 3.63) is 29.8 Å². The number of carbonyl (C=O) groups is 1. The number of hydrogen-bond acceptors (Lipinski definition) is 4. The molecule has 0 aliphatic carbocycles. The summed E-state index contributed by atoms with van der Waals surface area (Å²) in [6, 6.07) is 7.07. The molecular weight excluding hydrogens is 264 g/mol. The van der Waals surface area contributed by atoms with Crippen molar-refractivity contribution in [2.45, 2.75) is 6.42 Å². The number of rotatable bonds is 8. The second-order valence-corrected chi connectivity index (χ2v) is 4.28. The van der Waals surface area contributed by atoms with Gasteiger partial charge in [0.2, 0.25) is 5.91 Å². The molecule has 1 amide bonds. The number of anilines is 1. The molecule has 0 aliphatic rings. The summed E-state index contributed by atoms with van der Waals surface area (Å²) in [5.74, 6) is -0.0968. The molecule has 3 N–H and O–H groups in total. The first-order valence-corrected chi connectivity index (χ1v) is 6.30. The average Bonchev–Trinajstić information content (AvgIpc) is 2.39. The molecule has 6 heteroatoms. The number of ether oxygens (including phenoxy) is 2. The molecule has 5 nitrogen and oxygen atoms in total. The summed E-state index contributed by atoms with van der Waals surface area (Å²) in [4.78, 5) is 11.9. The molecule has 0 unspecified atom stereocenters. The van der Waals surface area contributed by atoms with Crippen molar-refractivity contribution in [3.63, 3.8) is 0 Å². The lowest BCUT2D eigenvalue weighted by Crippen LogP contribution is -2.15. The van der Waals surface area contributed by atoms with Gasteiger partial charge in [0.25, 0.3) is 0 Å². The van der Waals surface area contributed by atoms with Crippen molar-refractivity contribution in [3.8, 4) is 0 Å². The highest BCUT2D eigenvalue weighted by Gasteiger charge is 2.03. The predicted octanol–water partition coefficient (Wildman–Crippen LogP) is 1.31. The molecule has 0 spiro atoms. The van der Waals surface area contributed by atoms with Crippen molar-refractivity contribution in [2.24, 2.45) is 5.73 Å². The van der Waals surface area contributed by atoms with Crippen LogP contribution in [0, 0.1) is 0 Å².